The fraction of sp³-hybridized carbons (Fsp3) is 0.545. The number of rotatable bonds is 5. The van der Waals surface area contributed by atoms with E-state index in [2.05, 4.69) is 5.32 Å². The first-order chi connectivity index (χ1) is 7.99. The van der Waals surface area contributed by atoms with Crippen molar-refractivity contribution in [3.8, 4) is 0 Å². The first-order valence-corrected chi connectivity index (χ1v) is 5.58. The molecule has 0 saturated heterocycles. The maximum atomic E-state index is 11.8. The smallest absolute Gasteiger partial charge is 0.356 e. The van der Waals surface area contributed by atoms with Crippen LogP contribution in [0.4, 0.5) is 11.4 Å². The zero-order chi connectivity index (χ0) is 13.0. The Bertz CT molecular complexity index is 480. The number of hydrogen-bond donors (Lipinski definition) is 1. The summed E-state index contributed by atoms with van der Waals surface area (Å²) in [6.07, 6.45) is 1.90. The van der Waals surface area contributed by atoms with E-state index in [1.807, 2.05) is 6.92 Å². The second-order valence-electron chi connectivity index (χ2n) is 3.95. The molecule has 0 aliphatic heterocycles. The second kappa shape index (κ2) is 5.47. The monoisotopic (exact) mass is 239 g/mol. The molecule has 0 aliphatic carbocycles. The topological polar surface area (TPSA) is 77.2 Å². The van der Waals surface area contributed by atoms with Crippen molar-refractivity contribution in [3.63, 3.8) is 0 Å². The minimum atomic E-state index is -0.629. The van der Waals surface area contributed by atoms with Gasteiger partial charge in [-0.3, -0.25) is 14.9 Å². The van der Waals surface area contributed by atoms with Gasteiger partial charge in [0.1, 0.15) is 5.69 Å². The maximum Gasteiger partial charge on any atom is 0.356 e. The third kappa shape index (κ3) is 2.83. The fourth-order valence-corrected chi connectivity index (χ4v) is 1.52. The largest absolute Gasteiger partial charge is 0.379 e. The zero-order valence-electron chi connectivity index (χ0n) is 10.3. The summed E-state index contributed by atoms with van der Waals surface area (Å²) in [5.74, 6) is 0. The van der Waals surface area contributed by atoms with E-state index in [-0.39, 0.29) is 5.69 Å². The SMILES string of the molecule is CCCCNc1cc(C)n(C)c(=O)c1[N+](=O)[O-]. The highest BCUT2D eigenvalue weighted by Crippen LogP contribution is 2.20. The molecule has 0 aliphatic rings. The highest BCUT2D eigenvalue weighted by Gasteiger charge is 2.21. The van der Waals surface area contributed by atoms with Crippen molar-refractivity contribution in [2.24, 2.45) is 7.05 Å². The Morgan fingerprint density at radius 2 is 2.18 bits per heavy atom. The molecule has 6 nitrogen and oxygen atoms in total. The number of aromatic nitrogens is 1. The van der Waals surface area contributed by atoms with Gasteiger partial charge in [-0.2, -0.15) is 0 Å². The molecular formula is C11H17N3O3. The predicted octanol–water partition coefficient (Wildman–Crippen LogP) is 1.81. The average molecular weight is 239 g/mol. The van der Waals surface area contributed by atoms with Gasteiger partial charge >= 0.3 is 11.2 Å². The highest BCUT2D eigenvalue weighted by atomic mass is 16.6. The molecule has 1 aromatic rings. The van der Waals surface area contributed by atoms with Gasteiger partial charge in [0.25, 0.3) is 0 Å². The van der Waals surface area contributed by atoms with Crippen LogP contribution in [-0.4, -0.2) is 16.0 Å². The summed E-state index contributed by atoms with van der Waals surface area (Å²) in [5, 5.41) is 13.8. The van der Waals surface area contributed by atoms with Gasteiger partial charge in [0, 0.05) is 19.3 Å². The Hall–Kier alpha value is -1.85. The van der Waals surface area contributed by atoms with Gasteiger partial charge in [0.15, 0.2) is 0 Å². The maximum absolute atomic E-state index is 11.8. The van der Waals surface area contributed by atoms with Gasteiger partial charge in [-0.05, 0) is 19.4 Å². The quantitative estimate of drug-likeness (QED) is 0.483. The van der Waals surface area contributed by atoms with Gasteiger partial charge < -0.3 is 9.88 Å². The Morgan fingerprint density at radius 3 is 2.71 bits per heavy atom. The van der Waals surface area contributed by atoms with Crippen molar-refractivity contribution in [2.75, 3.05) is 11.9 Å². The third-order valence-corrected chi connectivity index (χ3v) is 2.67. The molecule has 0 saturated carbocycles. The molecule has 0 bridgehead atoms. The number of pyridine rings is 1. The van der Waals surface area contributed by atoms with Crippen molar-refractivity contribution in [1.82, 2.24) is 4.57 Å². The van der Waals surface area contributed by atoms with Crippen LogP contribution in [0.25, 0.3) is 0 Å². The first-order valence-electron chi connectivity index (χ1n) is 5.58. The van der Waals surface area contributed by atoms with E-state index < -0.39 is 10.5 Å². The van der Waals surface area contributed by atoms with Crippen molar-refractivity contribution in [3.05, 3.63) is 32.2 Å². The molecule has 0 radical (unpaired) electrons. The standard InChI is InChI=1S/C11H17N3O3/c1-4-5-6-12-9-7-8(2)13(3)11(15)10(9)14(16)17/h7,12H,4-6H2,1-3H3. The molecule has 6 heteroatoms. The van der Waals surface area contributed by atoms with Crippen LogP contribution in [-0.2, 0) is 7.05 Å². The molecule has 0 amide bonds. The van der Waals surface area contributed by atoms with Crippen LogP contribution in [0.5, 0.6) is 0 Å². The van der Waals surface area contributed by atoms with Crippen LogP contribution in [0.1, 0.15) is 25.5 Å². The van der Waals surface area contributed by atoms with Gasteiger partial charge in [0.05, 0.1) is 4.92 Å². The lowest BCUT2D eigenvalue weighted by atomic mass is 10.2. The van der Waals surface area contributed by atoms with Crippen LogP contribution in [0.3, 0.4) is 0 Å². The van der Waals surface area contributed by atoms with Crippen molar-refractivity contribution in [2.45, 2.75) is 26.7 Å². The van der Waals surface area contributed by atoms with Crippen LogP contribution >= 0.6 is 0 Å². The molecule has 1 rings (SSSR count). The van der Waals surface area contributed by atoms with Crippen molar-refractivity contribution < 1.29 is 4.92 Å². The summed E-state index contributed by atoms with van der Waals surface area (Å²) in [6.45, 7) is 4.41. The summed E-state index contributed by atoms with van der Waals surface area (Å²) < 4.78 is 1.28. The van der Waals surface area contributed by atoms with E-state index in [9.17, 15) is 14.9 Å². The summed E-state index contributed by atoms with van der Waals surface area (Å²) in [7, 11) is 1.53. The van der Waals surface area contributed by atoms with E-state index in [4.69, 9.17) is 0 Å². The molecule has 1 aromatic heterocycles. The number of hydrogen-bond acceptors (Lipinski definition) is 4. The van der Waals surface area contributed by atoms with Crippen molar-refractivity contribution >= 4 is 11.4 Å². The molecule has 0 spiro atoms. The fourth-order valence-electron chi connectivity index (χ4n) is 1.52. The summed E-state index contributed by atoms with van der Waals surface area (Å²) in [6, 6.07) is 1.63. The van der Waals surface area contributed by atoms with E-state index in [1.54, 1.807) is 13.0 Å². The summed E-state index contributed by atoms with van der Waals surface area (Å²) in [4.78, 5) is 22.0. The lowest BCUT2D eigenvalue weighted by molar-refractivity contribution is -0.385. The predicted molar refractivity (Wildman–Crippen MR) is 66.5 cm³/mol. The Labute approximate surface area is 99.4 Å². The van der Waals surface area contributed by atoms with Crippen LogP contribution < -0.4 is 10.9 Å². The third-order valence-electron chi connectivity index (χ3n) is 2.67. The first kappa shape index (κ1) is 13.2. The average Bonchev–Trinajstić information content (AvgIpc) is 2.26. The van der Waals surface area contributed by atoms with Crippen LogP contribution in [0.15, 0.2) is 10.9 Å². The number of nitrogens with zero attached hydrogens (tertiary/aromatic N) is 2. The van der Waals surface area contributed by atoms with E-state index in [0.29, 0.717) is 17.9 Å². The molecule has 1 heterocycles. The zero-order valence-corrected chi connectivity index (χ0v) is 10.3. The van der Waals surface area contributed by atoms with Gasteiger partial charge in [-0.25, -0.2) is 0 Å². The number of nitrogens with one attached hydrogen (secondary N) is 1. The number of anilines is 1. The normalized spacial score (nSPS) is 10.3. The number of aryl methyl sites for hydroxylation is 1. The Kier molecular flexibility index (Phi) is 4.25. The van der Waals surface area contributed by atoms with Gasteiger partial charge in [-0.15, -0.1) is 0 Å². The van der Waals surface area contributed by atoms with Crippen molar-refractivity contribution in [1.29, 1.82) is 0 Å². The van der Waals surface area contributed by atoms with E-state index in [1.165, 1.54) is 11.6 Å². The molecular weight excluding hydrogens is 222 g/mol. The lowest BCUT2D eigenvalue weighted by Crippen LogP contribution is -2.23. The van der Waals surface area contributed by atoms with E-state index >= 15 is 0 Å². The minimum Gasteiger partial charge on any atom is -0.379 e. The van der Waals surface area contributed by atoms with Crippen LogP contribution in [0.2, 0.25) is 0 Å². The lowest BCUT2D eigenvalue weighted by Gasteiger charge is -2.09. The Balaban J connectivity index is 3.19. The summed E-state index contributed by atoms with van der Waals surface area (Å²) >= 11 is 0. The second-order valence-corrected chi connectivity index (χ2v) is 3.95. The molecule has 0 atom stereocenters. The van der Waals surface area contributed by atoms with Gasteiger partial charge in [-0.1, -0.05) is 13.3 Å². The number of nitro groups is 1. The molecule has 17 heavy (non-hydrogen) atoms. The molecule has 0 aromatic carbocycles. The van der Waals surface area contributed by atoms with Gasteiger partial charge in [0.2, 0.25) is 0 Å². The summed E-state index contributed by atoms with van der Waals surface area (Å²) in [5.41, 5.74) is 0.0480. The highest BCUT2D eigenvalue weighted by molar-refractivity contribution is 5.60. The minimum absolute atomic E-state index is 0.309. The number of unbranched alkanes of at least 4 members (excludes halogenated alkanes) is 1. The molecule has 94 valence electrons. The molecule has 1 N–H and O–H groups in total. The Morgan fingerprint density at radius 1 is 1.53 bits per heavy atom. The van der Waals surface area contributed by atoms with E-state index in [0.717, 1.165) is 12.8 Å². The van der Waals surface area contributed by atoms with Crippen LogP contribution in [0, 0.1) is 17.0 Å². The molecule has 0 fully saturated rings. The molecule has 0 unspecified atom stereocenters.